The van der Waals surface area contributed by atoms with Gasteiger partial charge in [0.05, 0.1) is 25.9 Å². The maximum absolute atomic E-state index is 14.5. The summed E-state index contributed by atoms with van der Waals surface area (Å²) in [5.74, 6) is -3.78. The van der Waals surface area contributed by atoms with Crippen molar-refractivity contribution in [3.05, 3.63) is 64.7 Å². The molecule has 0 radical (unpaired) electrons. The van der Waals surface area contributed by atoms with E-state index in [4.69, 9.17) is 20.3 Å². The fraction of sp³-hybridized carbons (Fsp3) is 0.364. The van der Waals surface area contributed by atoms with Crippen LogP contribution in [-0.4, -0.2) is 68.4 Å². The molecule has 2 atom stereocenters. The predicted molar refractivity (Wildman–Crippen MR) is 112 cm³/mol. The lowest BCUT2D eigenvalue weighted by molar-refractivity contribution is 0.0700. The Morgan fingerprint density at radius 3 is 2.44 bits per heavy atom. The number of benzene rings is 2. The van der Waals surface area contributed by atoms with E-state index >= 15 is 0 Å². The van der Waals surface area contributed by atoms with E-state index in [0.29, 0.717) is 18.7 Å². The monoisotopic (exact) mass is 449 g/mol. The van der Waals surface area contributed by atoms with Crippen LogP contribution < -0.4 is 21.1 Å². The minimum absolute atomic E-state index is 0.0252. The molecule has 0 spiro atoms. The summed E-state index contributed by atoms with van der Waals surface area (Å²) in [6, 6.07) is 7.22. The van der Waals surface area contributed by atoms with E-state index in [-0.39, 0.29) is 55.7 Å². The standard InChI is InChI=1S/C22H25F2N3O5/c23-15-5-6-18(32-10-9-31-8-7-28)19(20(15)24)21(29)13-1-3-14(4-2-13)22(30)27-17-12-26-11-16(17)25/h1-6,16-17,26,28H,7-12,25H2,(H,27,30)/t16-,17-/m1/s1. The van der Waals surface area contributed by atoms with Crippen LogP contribution in [0.3, 0.4) is 0 Å². The lowest BCUT2D eigenvalue weighted by Crippen LogP contribution is -2.46. The van der Waals surface area contributed by atoms with Crippen molar-refractivity contribution in [1.82, 2.24) is 10.6 Å². The normalized spacial score (nSPS) is 17.9. The van der Waals surface area contributed by atoms with Crippen LogP contribution in [0.25, 0.3) is 0 Å². The molecule has 8 nitrogen and oxygen atoms in total. The summed E-state index contributed by atoms with van der Waals surface area (Å²) in [6.07, 6.45) is 0. The summed E-state index contributed by atoms with van der Waals surface area (Å²) in [5, 5.41) is 14.6. The summed E-state index contributed by atoms with van der Waals surface area (Å²) in [5.41, 5.74) is 5.73. The second-order valence-corrected chi connectivity index (χ2v) is 7.23. The number of rotatable bonds is 10. The third-order valence-electron chi connectivity index (χ3n) is 4.99. The van der Waals surface area contributed by atoms with Crippen LogP contribution in [0.1, 0.15) is 26.3 Å². The van der Waals surface area contributed by atoms with Gasteiger partial charge in [0.2, 0.25) is 0 Å². The highest BCUT2D eigenvalue weighted by atomic mass is 19.2. The Morgan fingerprint density at radius 2 is 1.78 bits per heavy atom. The molecule has 5 N–H and O–H groups in total. The zero-order valence-electron chi connectivity index (χ0n) is 17.3. The highest BCUT2D eigenvalue weighted by Gasteiger charge is 2.26. The molecule has 1 amide bonds. The number of ether oxygens (including phenoxy) is 2. The molecule has 2 aromatic carbocycles. The summed E-state index contributed by atoms with van der Waals surface area (Å²) in [6.45, 7) is 1.19. The third-order valence-corrected chi connectivity index (χ3v) is 4.99. The zero-order valence-corrected chi connectivity index (χ0v) is 17.3. The first kappa shape index (κ1) is 23.7. The maximum Gasteiger partial charge on any atom is 0.251 e. The molecular weight excluding hydrogens is 424 g/mol. The van der Waals surface area contributed by atoms with E-state index in [1.165, 1.54) is 30.3 Å². The second kappa shape index (κ2) is 11.1. The van der Waals surface area contributed by atoms with Crippen molar-refractivity contribution in [3.8, 4) is 5.75 Å². The molecule has 0 aliphatic carbocycles. The maximum atomic E-state index is 14.5. The van der Waals surface area contributed by atoms with Crippen LogP contribution in [0.5, 0.6) is 5.75 Å². The Morgan fingerprint density at radius 1 is 1.06 bits per heavy atom. The molecule has 0 unspecified atom stereocenters. The van der Waals surface area contributed by atoms with E-state index in [9.17, 15) is 18.4 Å². The van der Waals surface area contributed by atoms with Crippen molar-refractivity contribution in [3.63, 3.8) is 0 Å². The van der Waals surface area contributed by atoms with Gasteiger partial charge in [-0.05, 0) is 24.3 Å². The second-order valence-electron chi connectivity index (χ2n) is 7.23. The molecule has 172 valence electrons. The number of nitrogens with one attached hydrogen (secondary N) is 2. The van der Waals surface area contributed by atoms with Gasteiger partial charge in [-0.25, -0.2) is 8.78 Å². The topological polar surface area (TPSA) is 123 Å². The Labute approximate surface area is 183 Å². The first-order chi connectivity index (χ1) is 15.4. The quantitative estimate of drug-likeness (QED) is 0.310. The molecular formula is C22H25F2N3O5. The highest BCUT2D eigenvalue weighted by Crippen LogP contribution is 2.27. The first-order valence-electron chi connectivity index (χ1n) is 10.1. The minimum atomic E-state index is -1.33. The summed E-state index contributed by atoms with van der Waals surface area (Å²) >= 11 is 0. The van der Waals surface area contributed by atoms with Crippen LogP contribution in [-0.2, 0) is 4.74 Å². The van der Waals surface area contributed by atoms with Gasteiger partial charge in [0.15, 0.2) is 17.4 Å². The van der Waals surface area contributed by atoms with Gasteiger partial charge >= 0.3 is 0 Å². The van der Waals surface area contributed by atoms with Gasteiger partial charge in [0.1, 0.15) is 17.9 Å². The smallest absolute Gasteiger partial charge is 0.251 e. The summed E-state index contributed by atoms with van der Waals surface area (Å²) in [4.78, 5) is 25.3. The van der Waals surface area contributed by atoms with Crippen molar-refractivity contribution in [2.45, 2.75) is 12.1 Å². The fourth-order valence-electron chi connectivity index (χ4n) is 3.27. The molecule has 1 saturated heterocycles. The number of carbonyl (C=O) groups excluding carboxylic acids is 2. The number of aliphatic hydroxyl groups is 1. The molecule has 1 aliphatic heterocycles. The van der Waals surface area contributed by atoms with E-state index in [1.807, 2.05) is 0 Å². The molecule has 10 heteroatoms. The molecule has 1 heterocycles. The van der Waals surface area contributed by atoms with Gasteiger partial charge in [0, 0.05) is 30.3 Å². The minimum Gasteiger partial charge on any atom is -0.490 e. The van der Waals surface area contributed by atoms with Crippen LogP contribution >= 0.6 is 0 Å². The van der Waals surface area contributed by atoms with Crippen LogP contribution in [0.15, 0.2) is 36.4 Å². The van der Waals surface area contributed by atoms with E-state index < -0.39 is 23.0 Å². The van der Waals surface area contributed by atoms with Crippen LogP contribution in [0.4, 0.5) is 8.78 Å². The van der Waals surface area contributed by atoms with E-state index in [1.54, 1.807) is 0 Å². The fourth-order valence-corrected chi connectivity index (χ4v) is 3.27. The van der Waals surface area contributed by atoms with Crippen molar-refractivity contribution in [1.29, 1.82) is 0 Å². The largest absolute Gasteiger partial charge is 0.490 e. The number of aliphatic hydroxyl groups excluding tert-OH is 1. The number of nitrogens with two attached hydrogens (primary N) is 1. The number of carbonyl (C=O) groups is 2. The Balaban J connectivity index is 1.73. The zero-order chi connectivity index (χ0) is 23.1. The molecule has 0 bridgehead atoms. The van der Waals surface area contributed by atoms with Crippen molar-refractivity contribution < 1.29 is 33.0 Å². The van der Waals surface area contributed by atoms with Gasteiger partial charge in [-0.15, -0.1) is 0 Å². The van der Waals surface area contributed by atoms with Crippen molar-refractivity contribution >= 4 is 11.7 Å². The third kappa shape index (κ3) is 5.65. The number of hydrogen-bond donors (Lipinski definition) is 4. The van der Waals surface area contributed by atoms with Gasteiger partial charge in [-0.2, -0.15) is 0 Å². The number of halogens is 2. The molecule has 1 aliphatic rings. The average molecular weight is 449 g/mol. The SMILES string of the molecule is N[C@@H]1CNC[C@H]1NC(=O)c1ccc(C(=O)c2c(OCCOCCO)ccc(F)c2F)cc1. The van der Waals surface area contributed by atoms with Crippen LogP contribution in [0.2, 0.25) is 0 Å². The lowest BCUT2D eigenvalue weighted by atomic mass is 10.00. The van der Waals surface area contributed by atoms with Crippen molar-refractivity contribution in [2.24, 2.45) is 5.73 Å². The molecule has 2 aromatic rings. The molecule has 0 aromatic heterocycles. The molecule has 3 rings (SSSR count). The number of ketones is 1. The van der Waals surface area contributed by atoms with Gasteiger partial charge < -0.3 is 30.9 Å². The van der Waals surface area contributed by atoms with E-state index in [2.05, 4.69) is 10.6 Å². The van der Waals surface area contributed by atoms with Gasteiger partial charge in [0.25, 0.3) is 5.91 Å². The average Bonchev–Trinajstić information content (AvgIpc) is 3.20. The Hall–Kier alpha value is -2.92. The van der Waals surface area contributed by atoms with E-state index in [0.717, 1.165) is 6.07 Å². The van der Waals surface area contributed by atoms with Gasteiger partial charge in [-0.1, -0.05) is 12.1 Å². The lowest BCUT2D eigenvalue weighted by Gasteiger charge is -2.16. The summed E-state index contributed by atoms with van der Waals surface area (Å²) < 4.78 is 38.7. The molecule has 1 fully saturated rings. The van der Waals surface area contributed by atoms with Gasteiger partial charge in [-0.3, -0.25) is 9.59 Å². The molecule has 32 heavy (non-hydrogen) atoms. The predicted octanol–water partition coefficient (Wildman–Crippen LogP) is 0.612. The Kier molecular flexibility index (Phi) is 8.23. The number of hydrogen-bond acceptors (Lipinski definition) is 7. The highest BCUT2D eigenvalue weighted by molar-refractivity contribution is 6.11. The molecule has 0 saturated carbocycles. The van der Waals surface area contributed by atoms with Crippen molar-refractivity contribution in [2.75, 3.05) is 39.5 Å². The Bertz CT molecular complexity index is 955. The summed E-state index contributed by atoms with van der Waals surface area (Å²) in [7, 11) is 0. The number of amides is 1. The van der Waals surface area contributed by atoms with Crippen LogP contribution in [0, 0.1) is 11.6 Å². The first-order valence-corrected chi connectivity index (χ1v) is 10.1.